The quantitative estimate of drug-likeness (QED) is 0.893. The van der Waals surface area contributed by atoms with Crippen LogP contribution in [-0.4, -0.2) is 25.0 Å². The highest BCUT2D eigenvalue weighted by Crippen LogP contribution is 2.43. The number of aryl methyl sites for hydroxylation is 2. The molecule has 0 aliphatic heterocycles. The third kappa shape index (κ3) is 2.19. The Hall–Kier alpha value is -0.870. The minimum Gasteiger partial charge on any atom is -0.384 e. The Morgan fingerprint density at radius 3 is 2.56 bits per heavy atom. The lowest BCUT2D eigenvalue weighted by Gasteiger charge is -2.31. The van der Waals surface area contributed by atoms with Gasteiger partial charge in [-0.05, 0) is 44.2 Å². The molecule has 0 heterocycles. The molecule has 0 bridgehead atoms. The van der Waals surface area contributed by atoms with Crippen LogP contribution in [0.5, 0.6) is 0 Å². The van der Waals surface area contributed by atoms with E-state index in [0.717, 1.165) is 23.1 Å². The van der Waals surface area contributed by atoms with Crippen molar-refractivity contribution in [3.8, 4) is 0 Å². The fourth-order valence-corrected chi connectivity index (χ4v) is 4.68. The summed E-state index contributed by atoms with van der Waals surface area (Å²) in [7, 11) is -3.24. The van der Waals surface area contributed by atoms with Crippen LogP contribution in [0.3, 0.4) is 0 Å². The van der Waals surface area contributed by atoms with Crippen molar-refractivity contribution < 1.29 is 13.5 Å². The number of aliphatic hydroxyl groups is 1. The van der Waals surface area contributed by atoms with Gasteiger partial charge in [-0.25, -0.2) is 8.42 Å². The zero-order chi connectivity index (χ0) is 13.6. The van der Waals surface area contributed by atoms with Crippen LogP contribution >= 0.6 is 0 Å². The number of rotatable bonds is 2. The molecule has 1 aliphatic rings. The van der Waals surface area contributed by atoms with Gasteiger partial charge in [0.2, 0.25) is 0 Å². The molecule has 3 nitrogen and oxygen atoms in total. The van der Waals surface area contributed by atoms with E-state index in [-0.39, 0.29) is 0 Å². The predicted molar refractivity (Wildman–Crippen MR) is 72.3 cm³/mol. The number of hydrogen-bond acceptors (Lipinski definition) is 3. The largest absolute Gasteiger partial charge is 0.384 e. The van der Waals surface area contributed by atoms with E-state index in [9.17, 15) is 13.5 Å². The van der Waals surface area contributed by atoms with Crippen molar-refractivity contribution in [2.75, 3.05) is 6.26 Å². The van der Waals surface area contributed by atoms with Crippen molar-refractivity contribution in [3.63, 3.8) is 0 Å². The monoisotopic (exact) mass is 268 g/mol. The molecule has 1 aromatic rings. The van der Waals surface area contributed by atoms with Crippen LogP contribution in [0.1, 0.15) is 36.0 Å². The van der Waals surface area contributed by atoms with E-state index < -0.39 is 20.7 Å². The van der Waals surface area contributed by atoms with Gasteiger partial charge in [-0.15, -0.1) is 0 Å². The molecule has 2 unspecified atom stereocenters. The first-order valence-electron chi connectivity index (χ1n) is 6.24. The highest BCUT2D eigenvalue weighted by molar-refractivity contribution is 7.91. The zero-order valence-electron chi connectivity index (χ0n) is 11.1. The van der Waals surface area contributed by atoms with Crippen LogP contribution in [0, 0.1) is 13.8 Å². The Labute approximate surface area is 109 Å². The number of sulfone groups is 1. The normalized spacial score (nSPS) is 28.6. The topological polar surface area (TPSA) is 54.4 Å². The molecule has 4 heteroatoms. The molecule has 0 aromatic heterocycles. The fraction of sp³-hybridized carbons (Fsp3) is 0.571. The van der Waals surface area contributed by atoms with Crippen LogP contribution in [0.2, 0.25) is 0 Å². The standard InChI is InChI=1S/C14H20O3S/c1-10-6-7-12(11(2)9-10)14(15)8-4-5-13(14)18(3,16)17/h6-7,9,13,15H,4-5,8H2,1-3H3. The zero-order valence-corrected chi connectivity index (χ0v) is 11.9. The SMILES string of the molecule is Cc1ccc(C2(O)CCCC2S(C)(=O)=O)c(C)c1. The summed E-state index contributed by atoms with van der Waals surface area (Å²) in [4.78, 5) is 0. The third-order valence-electron chi connectivity index (χ3n) is 3.92. The molecule has 0 saturated heterocycles. The summed E-state index contributed by atoms with van der Waals surface area (Å²) in [6, 6.07) is 5.79. The van der Waals surface area contributed by atoms with Gasteiger partial charge in [-0.3, -0.25) is 0 Å². The number of hydrogen-bond donors (Lipinski definition) is 1. The molecule has 0 radical (unpaired) electrons. The molecule has 18 heavy (non-hydrogen) atoms. The Bertz CT molecular complexity index is 562. The molecule has 1 aliphatic carbocycles. The second-order valence-electron chi connectivity index (χ2n) is 5.45. The van der Waals surface area contributed by atoms with Gasteiger partial charge in [0.15, 0.2) is 9.84 Å². The molecule has 100 valence electrons. The van der Waals surface area contributed by atoms with Gasteiger partial charge in [0.1, 0.15) is 5.60 Å². The van der Waals surface area contributed by atoms with Crippen LogP contribution in [0.4, 0.5) is 0 Å². The first-order valence-corrected chi connectivity index (χ1v) is 8.19. The Balaban J connectivity index is 2.53. The average molecular weight is 268 g/mol. The smallest absolute Gasteiger partial charge is 0.153 e. The summed E-state index contributed by atoms with van der Waals surface area (Å²) < 4.78 is 23.7. The van der Waals surface area contributed by atoms with Gasteiger partial charge in [0.05, 0.1) is 5.25 Å². The summed E-state index contributed by atoms with van der Waals surface area (Å²) in [5.41, 5.74) is 1.63. The second-order valence-corrected chi connectivity index (χ2v) is 7.68. The summed E-state index contributed by atoms with van der Waals surface area (Å²) >= 11 is 0. The second kappa shape index (κ2) is 4.35. The summed E-state index contributed by atoms with van der Waals surface area (Å²) in [5, 5.41) is 10.2. The molecular formula is C14H20O3S. The minimum atomic E-state index is -3.24. The van der Waals surface area contributed by atoms with Gasteiger partial charge in [0.25, 0.3) is 0 Å². The van der Waals surface area contributed by atoms with Crippen LogP contribution in [0.25, 0.3) is 0 Å². The lowest BCUT2D eigenvalue weighted by molar-refractivity contribution is 0.0470. The minimum absolute atomic E-state index is 0.522. The van der Waals surface area contributed by atoms with Crippen molar-refractivity contribution in [3.05, 3.63) is 34.9 Å². The van der Waals surface area contributed by atoms with Crippen molar-refractivity contribution in [2.45, 2.75) is 44.0 Å². The maximum absolute atomic E-state index is 11.8. The van der Waals surface area contributed by atoms with Gasteiger partial charge >= 0.3 is 0 Å². The maximum Gasteiger partial charge on any atom is 0.153 e. The summed E-state index contributed by atoms with van der Waals surface area (Å²) in [6.45, 7) is 3.92. The van der Waals surface area contributed by atoms with Crippen LogP contribution in [0.15, 0.2) is 18.2 Å². The fourth-order valence-electron chi connectivity index (χ4n) is 3.13. The van der Waals surface area contributed by atoms with Crippen LogP contribution in [-0.2, 0) is 15.4 Å². The lowest BCUT2D eigenvalue weighted by atomic mass is 9.88. The van der Waals surface area contributed by atoms with E-state index in [0.29, 0.717) is 12.8 Å². The van der Waals surface area contributed by atoms with E-state index in [4.69, 9.17) is 0 Å². The van der Waals surface area contributed by atoms with E-state index in [2.05, 4.69) is 0 Å². The molecule has 0 spiro atoms. The van der Waals surface area contributed by atoms with Crippen molar-refractivity contribution in [1.82, 2.24) is 0 Å². The van der Waals surface area contributed by atoms with E-state index >= 15 is 0 Å². The maximum atomic E-state index is 11.8. The highest BCUT2D eigenvalue weighted by atomic mass is 32.2. The average Bonchev–Trinajstić information content (AvgIpc) is 2.60. The van der Waals surface area contributed by atoms with E-state index in [1.165, 1.54) is 6.26 Å². The first-order chi connectivity index (χ1) is 8.25. The lowest BCUT2D eigenvalue weighted by Crippen LogP contribution is -2.40. The molecule has 2 atom stereocenters. The Morgan fingerprint density at radius 2 is 2.00 bits per heavy atom. The van der Waals surface area contributed by atoms with Gasteiger partial charge < -0.3 is 5.11 Å². The molecule has 1 saturated carbocycles. The molecule has 1 aromatic carbocycles. The molecular weight excluding hydrogens is 248 g/mol. The third-order valence-corrected chi connectivity index (χ3v) is 5.58. The summed E-state index contributed by atoms with van der Waals surface area (Å²) in [5.74, 6) is 0. The van der Waals surface area contributed by atoms with E-state index in [1.54, 1.807) is 0 Å². The molecule has 0 amide bonds. The predicted octanol–water partition coefficient (Wildman–Crippen LogP) is 2.09. The van der Waals surface area contributed by atoms with E-state index in [1.807, 2.05) is 32.0 Å². The van der Waals surface area contributed by atoms with Gasteiger partial charge in [-0.2, -0.15) is 0 Å². The molecule has 1 N–H and O–H groups in total. The Kier molecular flexibility index (Phi) is 3.28. The van der Waals surface area contributed by atoms with Crippen LogP contribution < -0.4 is 0 Å². The highest BCUT2D eigenvalue weighted by Gasteiger charge is 2.48. The Morgan fingerprint density at radius 1 is 1.33 bits per heavy atom. The van der Waals surface area contributed by atoms with Crippen molar-refractivity contribution >= 4 is 9.84 Å². The van der Waals surface area contributed by atoms with Gasteiger partial charge in [-0.1, -0.05) is 23.8 Å². The molecule has 2 rings (SSSR count). The van der Waals surface area contributed by atoms with Crippen molar-refractivity contribution in [2.24, 2.45) is 0 Å². The van der Waals surface area contributed by atoms with Gasteiger partial charge in [0, 0.05) is 6.26 Å². The first kappa shape index (κ1) is 13.6. The van der Waals surface area contributed by atoms with Crippen molar-refractivity contribution in [1.29, 1.82) is 0 Å². The molecule has 1 fully saturated rings. The number of benzene rings is 1. The summed E-state index contributed by atoms with van der Waals surface area (Å²) in [6.07, 6.45) is 3.04.